The Labute approximate surface area is 133 Å². The maximum atomic E-state index is 13.7. The first kappa shape index (κ1) is 15.0. The zero-order valence-electron chi connectivity index (χ0n) is 12.9. The number of rotatable bonds is 5. The quantitative estimate of drug-likeness (QED) is 0.784. The van der Waals surface area contributed by atoms with Crippen LogP contribution in [0.15, 0.2) is 48.9 Å². The highest BCUT2D eigenvalue weighted by Crippen LogP contribution is 2.17. The van der Waals surface area contributed by atoms with Crippen LogP contribution in [-0.4, -0.2) is 33.8 Å². The molecule has 3 aromatic rings. The Bertz CT molecular complexity index is 799. The van der Waals surface area contributed by atoms with Gasteiger partial charge in [0.1, 0.15) is 11.6 Å². The van der Waals surface area contributed by atoms with Gasteiger partial charge >= 0.3 is 0 Å². The molecule has 3 rings (SSSR count). The summed E-state index contributed by atoms with van der Waals surface area (Å²) in [5, 5.41) is 7.52. The van der Waals surface area contributed by atoms with Gasteiger partial charge in [-0.15, -0.1) is 5.10 Å². The third-order valence-electron chi connectivity index (χ3n) is 3.30. The monoisotopic (exact) mass is 312 g/mol. The van der Waals surface area contributed by atoms with E-state index in [-0.39, 0.29) is 5.82 Å². The van der Waals surface area contributed by atoms with E-state index in [0.717, 1.165) is 11.4 Å². The minimum atomic E-state index is -0.413. The summed E-state index contributed by atoms with van der Waals surface area (Å²) < 4.78 is 15.1. The van der Waals surface area contributed by atoms with Crippen LogP contribution in [0, 0.1) is 5.82 Å². The fourth-order valence-corrected chi connectivity index (χ4v) is 2.24. The second kappa shape index (κ2) is 6.43. The van der Waals surface area contributed by atoms with E-state index in [1.807, 2.05) is 31.1 Å². The zero-order chi connectivity index (χ0) is 16.2. The van der Waals surface area contributed by atoms with Crippen LogP contribution >= 0.6 is 0 Å². The Balaban J connectivity index is 1.75. The molecule has 0 radical (unpaired) electrons. The van der Waals surface area contributed by atoms with Gasteiger partial charge in [-0.25, -0.2) is 19.0 Å². The second-order valence-electron chi connectivity index (χ2n) is 5.19. The van der Waals surface area contributed by atoms with Gasteiger partial charge in [0.25, 0.3) is 0 Å². The molecule has 0 aromatic carbocycles. The Morgan fingerprint density at radius 3 is 2.70 bits per heavy atom. The Hall–Kier alpha value is -2.96. The molecule has 7 heteroatoms. The van der Waals surface area contributed by atoms with Crippen molar-refractivity contribution in [3.8, 4) is 5.82 Å². The SMILES string of the molecule is CN(C)c1ncccc1CNc1ccn(-c2ncccc2F)n1. The molecule has 0 saturated carbocycles. The Kier molecular flexibility index (Phi) is 4.18. The summed E-state index contributed by atoms with van der Waals surface area (Å²) in [6.45, 7) is 0.572. The van der Waals surface area contributed by atoms with Crippen molar-refractivity contribution in [2.45, 2.75) is 6.54 Å². The average Bonchev–Trinajstić information content (AvgIpc) is 3.02. The lowest BCUT2D eigenvalue weighted by Gasteiger charge is -2.15. The van der Waals surface area contributed by atoms with E-state index in [9.17, 15) is 4.39 Å². The molecule has 0 aliphatic heterocycles. The van der Waals surface area contributed by atoms with Crippen LogP contribution in [0.25, 0.3) is 5.82 Å². The molecule has 3 heterocycles. The molecule has 0 aliphatic carbocycles. The summed E-state index contributed by atoms with van der Waals surface area (Å²) in [7, 11) is 3.90. The molecule has 23 heavy (non-hydrogen) atoms. The van der Waals surface area contributed by atoms with E-state index in [0.29, 0.717) is 12.4 Å². The lowest BCUT2D eigenvalue weighted by Crippen LogP contribution is -2.14. The summed E-state index contributed by atoms with van der Waals surface area (Å²) in [4.78, 5) is 10.3. The van der Waals surface area contributed by atoms with E-state index in [1.165, 1.54) is 16.9 Å². The Morgan fingerprint density at radius 1 is 1.13 bits per heavy atom. The number of pyridine rings is 2. The van der Waals surface area contributed by atoms with Crippen molar-refractivity contribution in [2.24, 2.45) is 0 Å². The van der Waals surface area contributed by atoms with Crippen molar-refractivity contribution in [1.29, 1.82) is 0 Å². The van der Waals surface area contributed by atoms with Gasteiger partial charge in [-0.2, -0.15) is 0 Å². The normalized spacial score (nSPS) is 10.6. The van der Waals surface area contributed by atoms with Gasteiger partial charge in [-0.3, -0.25) is 0 Å². The molecule has 0 bridgehead atoms. The van der Waals surface area contributed by atoms with Crippen LogP contribution in [0.1, 0.15) is 5.56 Å². The molecular weight excluding hydrogens is 295 g/mol. The van der Waals surface area contributed by atoms with Crippen LogP contribution in [0.5, 0.6) is 0 Å². The minimum absolute atomic E-state index is 0.177. The number of nitrogens with one attached hydrogen (secondary N) is 1. The van der Waals surface area contributed by atoms with Gasteiger partial charge in [0.15, 0.2) is 11.6 Å². The van der Waals surface area contributed by atoms with E-state index >= 15 is 0 Å². The van der Waals surface area contributed by atoms with Crippen molar-refractivity contribution in [3.05, 3.63) is 60.3 Å². The van der Waals surface area contributed by atoms with Gasteiger partial charge < -0.3 is 10.2 Å². The zero-order valence-corrected chi connectivity index (χ0v) is 12.9. The van der Waals surface area contributed by atoms with Crippen LogP contribution < -0.4 is 10.2 Å². The predicted molar refractivity (Wildman–Crippen MR) is 87.2 cm³/mol. The van der Waals surface area contributed by atoms with Crippen LogP contribution in [0.4, 0.5) is 16.0 Å². The van der Waals surface area contributed by atoms with Crippen molar-refractivity contribution < 1.29 is 4.39 Å². The largest absolute Gasteiger partial charge is 0.364 e. The average molecular weight is 312 g/mol. The first-order valence-electron chi connectivity index (χ1n) is 7.17. The molecule has 0 aliphatic rings. The van der Waals surface area contributed by atoms with Gasteiger partial charge in [0.2, 0.25) is 0 Å². The van der Waals surface area contributed by atoms with Crippen molar-refractivity contribution in [1.82, 2.24) is 19.7 Å². The number of nitrogens with zero attached hydrogens (tertiary/aromatic N) is 5. The molecule has 118 valence electrons. The molecule has 0 spiro atoms. The summed E-state index contributed by atoms with van der Waals surface area (Å²) in [6, 6.07) is 8.58. The smallest absolute Gasteiger partial charge is 0.189 e. The fraction of sp³-hybridized carbons (Fsp3) is 0.188. The third kappa shape index (κ3) is 3.28. The molecule has 0 unspecified atom stereocenters. The predicted octanol–water partition coefficient (Wildman–Crippen LogP) is 2.48. The highest BCUT2D eigenvalue weighted by molar-refractivity contribution is 5.47. The van der Waals surface area contributed by atoms with Gasteiger partial charge in [-0.05, 0) is 18.2 Å². The first-order valence-corrected chi connectivity index (χ1v) is 7.17. The van der Waals surface area contributed by atoms with Crippen molar-refractivity contribution in [2.75, 3.05) is 24.3 Å². The van der Waals surface area contributed by atoms with Crippen LogP contribution in [-0.2, 0) is 6.54 Å². The minimum Gasteiger partial charge on any atom is -0.364 e. The molecular formula is C16H17FN6. The van der Waals surface area contributed by atoms with E-state index < -0.39 is 5.82 Å². The number of hydrogen-bond donors (Lipinski definition) is 1. The van der Waals surface area contributed by atoms with Crippen molar-refractivity contribution >= 4 is 11.6 Å². The van der Waals surface area contributed by atoms with Crippen LogP contribution in [0.3, 0.4) is 0 Å². The molecule has 3 aromatic heterocycles. The number of hydrogen-bond acceptors (Lipinski definition) is 5. The summed E-state index contributed by atoms with van der Waals surface area (Å²) >= 11 is 0. The second-order valence-corrected chi connectivity index (χ2v) is 5.19. The summed E-state index contributed by atoms with van der Waals surface area (Å²) in [5.41, 5.74) is 1.05. The highest BCUT2D eigenvalue weighted by atomic mass is 19.1. The number of aromatic nitrogens is 4. The van der Waals surface area contributed by atoms with Crippen molar-refractivity contribution in [3.63, 3.8) is 0 Å². The third-order valence-corrected chi connectivity index (χ3v) is 3.30. The maximum Gasteiger partial charge on any atom is 0.189 e. The van der Waals surface area contributed by atoms with E-state index in [1.54, 1.807) is 24.5 Å². The van der Waals surface area contributed by atoms with E-state index in [4.69, 9.17) is 0 Å². The number of halogens is 1. The lowest BCUT2D eigenvalue weighted by molar-refractivity contribution is 0.601. The molecule has 0 amide bonds. The number of anilines is 2. The standard InChI is InChI=1S/C16H17FN6/c1-22(2)15-12(5-3-8-18-15)11-20-14-7-10-23(21-14)16-13(17)6-4-9-19-16/h3-10H,11H2,1-2H3,(H,20,21). The fourth-order valence-electron chi connectivity index (χ4n) is 2.24. The van der Waals surface area contributed by atoms with Gasteiger partial charge in [0.05, 0.1) is 0 Å². The summed E-state index contributed by atoms with van der Waals surface area (Å²) in [5.74, 6) is 1.30. The molecule has 0 atom stereocenters. The first-order chi connectivity index (χ1) is 11.1. The van der Waals surface area contributed by atoms with Crippen LogP contribution in [0.2, 0.25) is 0 Å². The Morgan fingerprint density at radius 2 is 1.91 bits per heavy atom. The van der Waals surface area contributed by atoms with Gasteiger partial charge in [-0.1, -0.05) is 6.07 Å². The van der Waals surface area contributed by atoms with E-state index in [2.05, 4.69) is 20.4 Å². The lowest BCUT2D eigenvalue weighted by atomic mass is 10.2. The molecule has 0 saturated heterocycles. The summed E-state index contributed by atoms with van der Waals surface area (Å²) in [6.07, 6.45) is 4.97. The molecule has 0 fully saturated rings. The maximum absolute atomic E-state index is 13.7. The van der Waals surface area contributed by atoms with Gasteiger partial charge in [0, 0.05) is 50.9 Å². The topological polar surface area (TPSA) is 58.9 Å². The highest BCUT2D eigenvalue weighted by Gasteiger charge is 2.09. The molecule has 1 N–H and O–H groups in total. The molecule has 6 nitrogen and oxygen atoms in total.